The molecule has 92 valence electrons. The Morgan fingerprint density at radius 3 is 2.76 bits per heavy atom. The van der Waals surface area contributed by atoms with Gasteiger partial charge in [-0.3, -0.25) is 9.69 Å². The summed E-state index contributed by atoms with van der Waals surface area (Å²) in [5.41, 5.74) is 1.02. The van der Waals surface area contributed by atoms with Crippen molar-refractivity contribution in [2.75, 3.05) is 14.1 Å². The first-order valence-electron chi connectivity index (χ1n) is 6.02. The van der Waals surface area contributed by atoms with Gasteiger partial charge in [0.1, 0.15) is 11.6 Å². The second kappa shape index (κ2) is 4.96. The van der Waals surface area contributed by atoms with Gasteiger partial charge in [-0.25, -0.2) is 4.39 Å². The summed E-state index contributed by atoms with van der Waals surface area (Å²) in [6.07, 6.45) is 2.24. The average Bonchev–Trinajstić information content (AvgIpc) is 2.29. The molecule has 1 aromatic rings. The van der Waals surface area contributed by atoms with E-state index in [9.17, 15) is 9.18 Å². The maximum atomic E-state index is 13.2. The smallest absolute Gasteiger partial charge is 0.149 e. The number of hydrogen-bond acceptors (Lipinski definition) is 2. The van der Waals surface area contributed by atoms with Crippen molar-refractivity contribution in [3.05, 3.63) is 35.6 Å². The highest BCUT2D eigenvalue weighted by atomic mass is 19.1. The third-order valence-electron chi connectivity index (χ3n) is 3.56. The van der Waals surface area contributed by atoms with Crippen LogP contribution in [0.25, 0.3) is 0 Å². The first-order chi connectivity index (χ1) is 8.08. The molecule has 0 saturated heterocycles. The molecule has 17 heavy (non-hydrogen) atoms. The van der Waals surface area contributed by atoms with Gasteiger partial charge in [0.2, 0.25) is 0 Å². The molecule has 2 nitrogen and oxygen atoms in total. The number of ketones is 1. The molecule has 0 amide bonds. The number of carbonyl (C=O) groups excluding carboxylic acids is 1. The fraction of sp³-hybridized carbons (Fsp3) is 0.500. The molecule has 2 unspecified atom stereocenters. The van der Waals surface area contributed by atoms with Crippen LogP contribution in [0.15, 0.2) is 24.3 Å². The van der Waals surface area contributed by atoms with E-state index in [-0.39, 0.29) is 11.9 Å². The van der Waals surface area contributed by atoms with Crippen molar-refractivity contribution in [1.29, 1.82) is 0 Å². The third kappa shape index (κ3) is 2.72. The van der Waals surface area contributed by atoms with E-state index in [1.54, 1.807) is 12.1 Å². The Kier molecular flexibility index (Phi) is 3.57. The van der Waals surface area contributed by atoms with Crippen LogP contribution in [0.2, 0.25) is 0 Å². The van der Waals surface area contributed by atoms with E-state index in [4.69, 9.17) is 0 Å². The Morgan fingerprint density at radius 2 is 2.12 bits per heavy atom. The lowest BCUT2D eigenvalue weighted by atomic mass is 9.80. The summed E-state index contributed by atoms with van der Waals surface area (Å²) in [5, 5.41) is 0. The maximum absolute atomic E-state index is 13.2. The Labute approximate surface area is 101 Å². The lowest BCUT2D eigenvalue weighted by molar-refractivity contribution is -0.125. The minimum absolute atomic E-state index is 0.0167. The van der Waals surface area contributed by atoms with E-state index in [0.717, 1.165) is 18.4 Å². The molecule has 1 aliphatic rings. The summed E-state index contributed by atoms with van der Waals surface area (Å²) in [7, 11) is 3.85. The number of rotatable bonds is 2. The summed E-state index contributed by atoms with van der Waals surface area (Å²) >= 11 is 0. The van der Waals surface area contributed by atoms with E-state index < -0.39 is 0 Å². The zero-order chi connectivity index (χ0) is 12.4. The number of carbonyl (C=O) groups is 1. The van der Waals surface area contributed by atoms with E-state index in [1.807, 2.05) is 25.1 Å². The molecule has 2 atom stereocenters. The van der Waals surface area contributed by atoms with Crippen molar-refractivity contribution in [1.82, 2.24) is 4.90 Å². The zero-order valence-corrected chi connectivity index (χ0v) is 10.3. The average molecular weight is 235 g/mol. The molecule has 1 aliphatic carbocycles. The molecule has 0 heterocycles. The van der Waals surface area contributed by atoms with Crippen molar-refractivity contribution in [3.63, 3.8) is 0 Å². The summed E-state index contributed by atoms with van der Waals surface area (Å²) in [4.78, 5) is 13.7. The third-order valence-corrected chi connectivity index (χ3v) is 3.56. The lowest BCUT2D eigenvalue weighted by Crippen LogP contribution is -2.40. The number of nitrogens with zero attached hydrogens (tertiary/aromatic N) is 1. The molecule has 0 N–H and O–H groups in total. The van der Waals surface area contributed by atoms with Gasteiger partial charge < -0.3 is 0 Å². The Balaban J connectivity index is 2.16. The van der Waals surface area contributed by atoms with Gasteiger partial charge in [-0.05, 0) is 50.6 Å². The number of halogens is 1. The van der Waals surface area contributed by atoms with Gasteiger partial charge in [0.05, 0.1) is 6.04 Å². The number of hydrogen-bond donors (Lipinski definition) is 0. The van der Waals surface area contributed by atoms with E-state index in [0.29, 0.717) is 18.1 Å². The summed E-state index contributed by atoms with van der Waals surface area (Å²) < 4.78 is 13.2. The molecule has 1 aromatic carbocycles. The molecule has 3 heteroatoms. The fourth-order valence-electron chi connectivity index (χ4n) is 2.56. The SMILES string of the molecule is CN(C)C1CC(c2cccc(F)c2)CCC1=O. The van der Waals surface area contributed by atoms with Crippen LogP contribution in [0.4, 0.5) is 4.39 Å². The standard InChI is InChI=1S/C14H18FNO/c1-16(2)13-9-11(6-7-14(13)17)10-4-3-5-12(15)8-10/h3-5,8,11,13H,6-7,9H2,1-2H3. The van der Waals surface area contributed by atoms with Crippen LogP contribution >= 0.6 is 0 Å². The first-order valence-corrected chi connectivity index (χ1v) is 6.02. The number of Topliss-reactive ketones (excluding diaryl/α,β-unsaturated/α-hetero) is 1. The van der Waals surface area contributed by atoms with Crippen molar-refractivity contribution in [2.24, 2.45) is 0 Å². The van der Waals surface area contributed by atoms with Gasteiger partial charge in [0.25, 0.3) is 0 Å². The fourth-order valence-corrected chi connectivity index (χ4v) is 2.56. The minimum atomic E-state index is -0.194. The van der Waals surface area contributed by atoms with Gasteiger partial charge in [-0.2, -0.15) is 0 Å². The van der Waals surface area contributed by atoms with Gasteiger partial charge >= 0.3 is 0 Å². The van der Waals surface area contributed by atoms with Crippen LogP contribution < -0.4 is 0 Å². The predicted molar refractivity (Wildman–Crippen MR) is 65.5 cm³/mol. The highest BCUT2D eigenvalue weighted by Gasteiger charge is 2.30. The molecular weight excluding hydrogens is 217 g/mol. The van der Waals surface area contributed by atoms with Crippen LogP contribution in [0.1, 0.15) is 30.7 Å². The van der Waals surface area contributed by atoms with E-state index in [1.165, 1.54) is 6.07 Å². The molecule has 0 aliphatic heterocycles. The second-order valence-electron chi connectivity index (χ2n) is 4.97. The van der Waals surface area contributed by atoms with Gasteiger partial charge in [-0.15, -0.1) is 0 Å². The van der Waals surface area contributed by atoms with Crippen molar-refractivity contribution in [2.45, 2.75) is 31.2 Å². The van der Waals surface area contributed by atoms with Crippen LogP contribution in [0.5, 0.6) is 0 Å². The number of likely N-dealkylation sites (N-methyl/N-ethyl adjacent to an activating group) is 1. The largest absolute Gasteiger partial charge is 0.300 e. The quantitative estimate of drug-likeness (QED) is 0.785. The molecule has 2 rings (SSSR count). The first kappa shape index (κ1) is 12.2. The van der Waals surface area contributed by atoms with E-state index >= 15 is 0 Å². The lowest BCUT2D eigenvalue weighted by Gasteiger charge is -2.32. The molecule has 1 saturated carbocycles. The van der Waals surface area contributed by atoms with Crippen LogP contribution in [0.3, 0.4) is 0 Å². The van der Waals surface area contributed by atoms with Gasteiger partial charge in [-0.1, -0.05) is 12.1 Å². The highest BCUT2D eigenvalue weighted by molar-refractivity contribution is 5.85. The molecule has 0 bridgehead atoms. The van der Waals surface area contributed by atoms with Gasteiger partial charge in [0.15, 0.2) is 0 Å². The molecular formula is C14H18FNO. The summed E-state index contributed by atoms with van der Waals surface area (Å²) in [5.74, 6) is 0.416. The van der Waals surface area contributed by atoms with Crippen molar-refractivity contribution >= 4 is 5.78 Å². The Bertz CT molecular complexity index is 416. The van der Waals surface area contributed by atoms with Crippen LogP contribution in [-0.4, -0.2) is 30.8 Å². The summed E-state index contributed by atoms with van der Waals surface area (Å²) in [6, 6.07) is 6.73. The van der Waals surface area contributed by atoms with Gasteiger partial charge in [0, 0.05) is 6.42 Å². The highest BCUT2D eigenvalue weighted by Crippen LogP contribution is 2.32. The van der Waals surface area contributed by atoms with E-state index in [2.05, 4.69) is 0 Å². The zero-order valence-electron chi connectivity index (χ0n) is 10.3. The minimum Gasteiger partial charge on any atom is -0.300 e. The normalized spacial score (nSPS) is 25.3. The Hall–Kier alpha value is -1.22. The topological polar surface area (TPSA) is 20.3 Å². The second-order valence-corrected chi connectivity index (χ2v) is 4.97. The summed E-state index contributed by atoms with van der Waals surface area (Å²) in [6.45, 7) is 0. The molecule has 1 fully saturated rings. The van der Waals surface area contributed by atoms with Crippen molar-refractivity contribution in [3.8, 4) is 0 Å². The Morgan fingerprint density at radius 1 is 1.35 bits per heavy atom. The predicted octanol–water partition coefficient (Wildman–Crippen LogP) is 2.59. The van der Waals surface area contributed by atoms with Crippen molar-refractivity contribution < 1.29 is 9.18 Å². The number of benzene rings is 1. The monoisotopic (exact) mass is 235 g/mol. The molecule has 0 radical (unpaired) electrons. The molecule has 0 spiro atoms. The maximum Gasteiger partial charge on any atom is 0.149 e. The van der Waals surface area contributed by atoms with Crippen LogP contribution in [0, 0.1) is 5.82 Å². The molecule has 0 aromatic heterocycles. The van der Waals surface area contributed by atoms with Crippen LogP contribution in [-0.2, 0) is 4.79 Å².